The van der Waals surface area contributed by atoms with Crippen LogP contribution in [-0.2, 0) is 25.8 Å². The number of aliphatic hydroxyl groups is 4. The highest BCUT2D eigenvalue weighted by Gasteiger charge is 2.44. The zero-order valence-corrected chi connectivity index (χ0v) is 15.7. The van der Waals surface area contributed by atoms with Crippen molar-refractivity contribution in [1.82, 2.24) is 0 Å². The molecule has 152 valence electrons. The van der Waals surface area contributed by atoms with Crippen LogP contribution in [0.1, 0.15) is 12.0 Å². The number of nitrogens with zero attached hydrogens (tertiary/aromatic N) is 1. The number of benzene rings is 1. The van der Waals surface area contributed by atoms with Gasteiger partial charge in [-0.15, -0.1) is 0 Å². The molecule has 0 aliphatic carbocycles. The molecule has 1 heterocycles. The maximum absolute atomic E-state index is 10.8. The molecular weight excluding hydrogens is 402 g/mol. The first-order chi connectivity index (χ1) is 12.7. The number of thioether (sulfide) groups is 1. The van der Waals surface area contributed by atoms with E-state index in [-0.39, 0.29) is 11.5 Å². The largest absolute Gasteiger partial charge is 0.466 e. The minimum Gasteiger partial charge on any atom is -0.394 e. The molecular formula is C15H21NO9S2. The second kappa shape index (κ2) is 9.80. The van der Waals surface area contributed by atoms with E-state index >= 15 is 0 Å². The van der Waals surface area contributed by atoms with Gasteiger partial charge in [0, 0.05) is 6.42 Å². The molecule has 0 saturated carbocycles. The fourth-order valence-corrected chi connectivity index (χ4v) is 3.71. The third-order valence-corrected chi connectivity index (χ3v) is 5.24. The van der Waals surface area contributed by atoms with Crippen LogP contribution in [0.15, 0.2) is 35.5 Å². The summed E-state index contributed by atoms with van der Waals surface area (Å²) in [6.45, 7) is -0.597. The molecule has 1 aromatic rings. The second-order valence-electron chi connectivity index (χ2n) is 5.79. The number of oxime groups is 1. The first-order valence-corrected chi connectivity index (χ1v) is 10.2. The highest BCUT2D eigenvalue weighted by atomic mass is 32.3. The summed E-state index contributed by atoms with van der Waals surface area (Å²) in [5.74, 6) is 0. The highest BCUT2D eigenvalue weighted by molar-refractivity contribution is 8.14. The molecule has 0 radical (unpaired) electrons. The molecule has 27 heavy (non-hydrogen) atoms. The van der Waals surface area contributed by atoms with E-state index in [0.29, 0.717) is 6.42 Å². The lowest BCUT2D eigenvalue weighted by Gasteiger charge is -2.39. The number of aryl methyl sites for hydroxylation is 1. The lowest BCUT2D eigenvalue weighted by molar-refractivity contribution is -0.205. The summed E-state index contributed by atoms with van der Waals surface area (Å²) in [6, 6.07) is 9.18. The van der Waals surface area contributed by atoms with Gasteiger partial charge in [-0.3, -0.25) is 4.55 Å². The van der Waals surface area contributed by atoms with E-state index in [1.54, 1.807) is 0 Å². The van der Waals surface area contributed by atoms with Crippen molar-refractivity contribution in [3.63, 3.8) is 0 Å². The van der Waals surface area contributed by atoms with Gasteiger partial charge in [0.25, 0.3) is 0 Å². The fourth-order valence-electron chi connectivity index (χ4n) is 2.41. The van der Waals surface area contributed by atoms with Crippen molar-refractivity contribution in [2.24, 2.45) is 5.16 Å². The van der Waals surface area contributed by atoms with Crippen molar-refractivity contribution >= 4 is 27.2 Å². The van der Waals surface area contributed by atoms with Gasteiger partial charge >= 0.3 is 10.4 Å². The van der Waals surface area contributed by atoms with Gasteiger partial charge in [0.1, 0.15) is 34.9 Å². The van der Waals surface area contributed by atoms with Crippen LogP contribution in [-0.4, -0.2) is 74.9 Å². The minimum absolute atomic E-state index is 0.0563. The van der Waals surface area contributed by atoms with Gasteiger partial charge in [0.2, 0.25) is 0 Å². The Hall–Kier alpha value is -1.25. The zero-order valence-electron chi connectivity index (χ0n) is 14.0. The molecule has 1 aromatic carbocycles. The van der Waals surface area contributed by atoms with Crippen LogP contribution in [0.5, 0.6) is 0 Å². The van der Waals surface area contributed by atoms with Crippen molar-refractivity contribution in [3.8, 4) is 0 Å². The maximum atomic E-state index is 10.8. The SMILES string of the molecule is O=S(=O)(O)O/N=C(/CCc1ccccc1)S[C@H]1O[C@@H](CO)[C@H](O)[C@@H](O)[C@@H]1O. The number of ether oxygens (including phenoxy) is 1. The third kappa shape index (κ3) is 6.69. The first-order valence-electron chi connectivity index (χ1n) is 7.95. The predicted molar refractivity (Wildman–Crippen MR) is 96.2 cm³/mol. The van der Waals surface area contributed by atoms with Gasteiger partial charge in [-0.05, 0) is 12.0 Å². The highest BCUT2D eigenvalue weighted by Crippen LogP contribution is 2.30. The minimum atomic E-state index is -4.82. The van der Waals surface area contributed by atoms with Crippen LogP contribution in [0.2, 0.25) is 0 Å². The topological polar surface area (TPSA) is 166 Å². The maximum Gasteiger partial charge on any atom is 0.466 e. The molecule has 5 atom stereocenters. The Labute approximate surface area is 160 Å². The van der Waals surface area contributed by atoms with Gasteiger partial charge in [0.15, 0.2) is 0 Å². The van der Waals surface area contributed by atoms with Crippen LogP contribution in [0.25, 0.3) is 0 Å². The molecule has 0 bridgehead atoms. The molecule has 0 spiro atoms. The molecule has 1 aliphatic heterocycles. The Morgan fingerprint density at radius 1 is 1.15 bits per heavy atom. The lowest BCUT2D eigenvalue weighted by Crippen LogP contribution is -2.57. The van der Waals surface area contributed by atoms with Crippen molar-refractivity contribution in [2.75, 3.05) is 6.61 Å². The molecule has 1 saturated heterocycles. The molecule has 1 aliphatic rings. The number of hydrogen-bond donors (Lipinski definition) is 5. The monoisotopic (exact) mass is 423 g/mol. The lowest BCUT2D eigenvalue weighted by atomic mass is 10.0. The predicted octanol–water partition coefficient (Wildman–Crippen LogP) is -0.715. The summed E-state index contributed by atoms with van der Waals surface area (Å²) in [6.07, 6.45) is -5.11. The van der Waals surface area contributed by atoms with E-state index in [1.807, 2.05) is 30.3 Å². The van der Waals surface area contributed by atoms with Crippen LogP contribution in [0, 0.1) is 0 Å². The number of hydrogen-bond acceptors (Lipinski definition) is 10. The average molecular weight is 423 g/mol. The first kappa shape index (κ1) is 22.0. The van der Waals surface area contributed by atoms with Gasteiger partial charge in [0.05, 0.1) is 6.61 Å². The zero-order chi connectivity index (χ0) is 20.0. The Morgan fingerprint density at radius 2 is 1.81 bits per heavy atom. The summed E-state index contributed by atoms with van der Waals surface area (Å²) in [4.78, 5) is 0. The van der Waals surface area contributed by atoms with Crippen LogP contribution < -0.4 is 0 Å². The Morgan fingerprint density at radius 3 is 2.41 bits per heavy atom. The second-order valence-corrected chi connectivity index (χ2v) is 7.96. The molecule has 5 N–H and O–H groups in total. The Balaban J connectivity index is 2.12. The van der Waals surface area contributed by atoms with E-state index < -0.39 is 46.9 Å². The molecule has 12 heteroatoms. The molecule has 1 fully saturated rings. The summed E-state index contributed by atoms with van der Waals surface area (Å²) < 4.78 is 39.7. The van der Waals surface area contributed by atoms with Crippen LogP contribution in [0.4, 0.5) is 0 Å². The summed E-state index contributed by atoms with van der Waals surface area (Å²) in [7, 11) is -4.82. The van der Waals surface area contributed by atoms with Crippen LogP contribution >= 0.6 is 11.8 Å². The molecule has 0 amide bonds. The summed E-state index contributed by atoms with van der Waals surface area (Å²) in [5.41, 5.74) is -0.230. The van der Waals surface area contributed by atoms with Gasteiger partial charge in [-0.1, -0.05) is 47.2 Å². The average Bonchev–Trinajstić information content (AvgIpc) is 2.64. The van der Waals surface area contributed by atoms with E-state index in [4.69, 9.17) is 9.29 Å². The standard InChI is InChI=1S/C15H21NO9S2/c17-8-10-12(18)13(19)14(20)15(24-10)26-11(16-25-27(21,22)23)7-6-9-4-2-1-3-5-9/h1-5,10,12-15,17-20H,6-8H2,(H,21,22,23)/b16-11-/t10-,12-,13+,14-,15+/m0/s1. The molecule has 10 nitrogen and oxygen atoms in total. The van der Waals surface area contributed by atoms with Gasteiger partial charge < -0.3 is 25.2 Å². The third-order valence-electron chi connectivity index (χ3n) is 3.80. The Kier molecular flexibility index (Phi) is 8.00. The number of aliphatic hydroxyl groups excluding tert-OH is 4. The van der Waals surface area contributed by atoms with E-state index in [1.165, 1.54) is 0 Å². The smallest absolute Gasteiger partial charge is 0.394 e. The van der Waals surface area contributed by atoms with Gasteiger partial charge in [-0.2, -0.15) is 8.42 Å². The molecule has 0 aromatic heterocycles. The van der Waals surface area contributed by atoms with Gasteiger partial charge in [-0.25, -0.2) is 4.28 Å². The van der Waals surface area contributed by atoms with Crippen molar-refractivity contribution in [3.05, 3.63) is 35.9 Å². The quantitative estimate of drug-likeness (QED) is 0.163. The van der Waals surface area contributed by atoms with Crippen molar-refractivity contribution in [1.29, 1.82) is 0 Å². The van der Waals surface area contributed by atoms with E-state index in [9.17, 15) is 28.8 Å². The van der Waals surface area contributed by atoms with E-state index in [0.717, 1.165) is 17.3 Å². The normalized spacial score (nSPS) is 29.5. The molecule has 0 unspecified atom stereocenters. The summed E-state index contributed by atoms with van der Waals surface area (Å²) in [5, 5.41) is 42.4. The summed E-state index contributed by atoms with van der Waals surface area (Å²) >= 11 is 0.754. The van der Waals surface area contributed by atoms with Crippen molar-refractivity contribution in [2.45, 2.75) is 42.7 Å². The molecule has 2 rings (SSSR count). The number of rotatable bonds is 7. The van der Waals surface area contributed by atoms with Crippen LogP contribution in [0.3, 0.4) is 0 Å². The fraction of sp³-hybridized carbons (Fsp3) is 0.533. The van der Waals surface area contributed by atoms with E-state index in [2.05, 4.69) is 9.44 Å². The van der Waals surface area contributed by atoms with Crippen molar-refractivity contribution < 1.29 is 42.4 Å². The Bertz CT molecular complexity index is 726.